The molecule has 1 heterocycles. The highest BCUT2D eigenvalue weighted by Gasteiger charge is 2.24. The van der Waals surface area contributed by atoms with Crippen molar-refractivity contribution >= 4 is 12.4 Å². The summed E-state index contributed by atoms with van der Waals surface area (Å²) in [5.74, 6) is -0.132. The number of benzene rings is 1. The fourth-order valence-corrected chi connectivity index (χ4v) is 2.73. The smallest absolute Gasteiger partial charge is 0.128 e. The minimum absolute atomic E-state index is 0. The van der Waals surface area contributed by atoms with Crippen molar-refractivity contribution in [3.05, 3.63) is 35.1 Å². The van der Waals surface area contributed by atoms with Crippen LogP contribution in [-0.2, 0) is 0 Å². The molecule has 1 aliphatic rings. The van der Waals surface area contributed by atoms with E-state index < -0.39 is 0 Å². The molecule has 1 saturated heterocycles. The number of halogens is 2. The quantitative estimate of drug-likeness (QED) is 0.876. The van der Waals surface area contributed by atoms with Crippen molar-refractivity contribution in [1.29, 1.82) is 0 Å². The van der Waals surface area contributed by atoms with Gasteiger partial charge in [0.2, 0.25) is 0 Å². The van der Waals surface area contributed by atoms with Gasteiger partial charge in [-0.1, -0.05) is 17.7 Å². The summed E-state index contributed by atoms with van der Waals surface area (Å²) < 4.78 is 14.1. The highest BCUT2D eigenvalue weighted by Crippen LogP contribution is 2.28. The average molecular weight is 303 g/mol. The number of hydrogen-bond acceptors (Lipinski definition) is 3. The predicted molar refractivity (Wildman–Crippen MR) is 81.9 cm³/mol. The van der Waals surface area contributed by atoms with Gasteiger partial charge < -0.3 is 10.4 Å². The molecule has 2 rings (SSSR count). The molecule has 5 heteroatoms. The number of hydrogen-bond donors (Lipinski definition) is 2. The lowest BCUT2D eigenvalue weighted by Gasteiger charge is -2.35. The first-order valence-electron chi connectivity index (χ1n) is 7.04. The SMILES string of the molecule is Cc1ccc(F)c([C@H](CCCO)N2CCNCC2)c1.Cl. The molecule has 3 nitrogen and oxygen atoms in total. The standard InChI is InChI=1S/C15H23FN2O.ClH/c1-12-4-5-14(16)13(11-12)15(3-2-10-19)18-8-6-17-7-9-18;/h4-5,11,15,17,19H,2-3,6-10H2,1H3;1H/t15-;/m0./s1. The van der Waals surface area contributed by atoms with Crippen molar-refractivity contribution in [1.82, 2.24) is 10.2 Å². The molecule has 2 N–H and O–H groups in total. The summed E-state index contributed by atoms with van der Waals surface area (Å²) in [5.41, 5.74) is 1.86. The van der Waals surface area contributed by atoms with Crippen molar-refractivity contribution in [2.45, 2.75) is 25.8 Å². The van der Waals surface area contributed by atoms with E-state index in [1.54, 1.807) is 12.1 Å². The lowest BCUT2D eigenvalue weighted by molar-refractivity contribution is 0.151. The van der Waals surface area contributed by atoms with E-state index in [1.807, 2.05) is 13.0 Å². The van der Waals surface area contributed by atoms with Crippen LogP contribution in [0.1, 0.15) is 30.0 Å². The van der Waals surface area contributed by atoms with Gasteiger partial charge in [-0.3, -0.25) is 4.90 Å². The van der Waals surface area contributed by atoms with Crippen LogP contribution in [0.15, 0.2) is 18.2 Å². The molecule has 1 fully saturated rings. The number of nitrogens with zero attached hydrogens (tertiary/aromatic N) is 1. The first-order valence-corrected chi connectivity index (χ1v) is 7.04. The zero-order valence-electron chi connectivity index (χ0n) is 11.9. The summed E-state index contributed by atoms with van der Waals surface area (Å²) in [6.07, 6.45) is 1.51. The molecule has 0 bridgehead atoms. The molecule has 1 aliphatic heterocycles. The van der Waals surface area contributed by atoms with Gasteiger partial charge in [-0.15, -0.1) is 12.4 Å². The fourth-order valence-electron chi connectivity index (χ4n) is 2.73. The highest BCUT2D eigenvalue weighted by atomic mass is 35.5. The molecule has 1 atom stereocenters. The Balaban J connectivity index is 0.00000200. The van der Waals surface area contributed by atoms with Crippen LogP contribution in [0.2, 0.25) is 0 Å². The molecule has 1 aromatic rings. The van der Waals surface area contributed by atoms with Gasteiger partial charge in [0.15, 0.2) is 0 Å². The summed E-state index contributed by atoms with van der Waals surface area (Å²) in [6.45, 7) is 5.92. The summed E-state index contributed by atoms with van der Waals surface area (Å²) in [5, 5.41) is 12.4. The van der Waals surface area contributed by atoms with Crippen molar-refractivity contribution in [2.24, 2.45) is 0 Å². The Kier molecular flexibility index (Phi) is 7.45. The van der Waals surface area contributed by atoms with Crippen LogP contribution < -0.4 is 5.32 Å². The van der Waals surface area contributed by atoms with Crippen molar-refractivity contribution in [3.8, 4) is 0 Å². The zero-order chi connectivity index (χ0) is 13.7. The first-order chi connectivity index (χ1) is 9.22. The number of aryl methyl sites for hydroxylation is 1. The van der Waals surface area contributed by atoms with Gasteiger partial charge in [0.05, 0.1) is 0 Å². The maximum Gasteiger partial charge on any atom is 0.128 e. The minimum atomic E-state index is -0.132. The second-order valence-corrected chi connectivity index (χ2v) is 5.19. The Labute approximate surface area is 126 Å². The van der Waals surface area contributed by atoms with Crippen LogP contribution in [0.3, 0.4) is 0 Å². The maximum atomic E-state index is 14.1. The van der Waals surface area contributed by atoms with Crippen LogP contribution in [0.4, 0.5) is 4.39 Å². The summed E-state index contributed by atoms with van der Waals surface area (Å²) in [7, 11) is 0. The number of nitrogens with one attached hydrogen (secondary N) is 1. The topological polar surface area (TPSA) is 35.5 Å². The average Bonchev–Trinajstić information content (AvgIpc) is 2.44. The number of aliphatic hydroxyl groups is 1. The van der Waals surface area contributed by atoms with E-state index in [0.717, 1.165) is 43.7 Å². The molecular weight excluding hydrogens is 279 g/mol. The molecule has 0 spiro atoms. The largest absolute Gasteiger partial charge is 0.396 e. The van der Waals surface area contributed by atoms with E-state index in [0.29, 0.717) is 6.42 Å². The Bertz CT molecular complexity index is 411. The van der Waals surface area contributed by atoms with E-state index in [4.69, 9.17) is 5.11 Å². The van der Waals surface area contributed by atoms with E-state index in [2.05, 4.69) is 10.2 Å². The van der Waals surface area contributed by atoms with Crippen molar-refractivity contribution < 1.29 is 9.50 Å². The van der Waals surface area contributed by atoms with E-state index in [9.17, 15) is 4.39 Å². The normalized spacial score (nSPS) is 17.6. The molecule has 0 saturated carbocycles. The molecule has 0 radical (unpaired) electrons. The third-order valence-electron chi connectivity index (χ3n) is 3.74. The lowest BCUT2D eigenvalue weighted by Crippen LogP contribution is -2.45. The molecular formula is C15H24ClFN2O. The summed E-state index contributed by atoms with van der Waals surface area (Å²) in [6, 6.07) is 5.38. The third-order valence-corrected chi connectivity index (χ3v) is 3.74. The summed E-state index contributed by atoms with van der Waals surface area (Å²) in [4.78, 5) is 2.32. The van der Waals surface area contributed by atoms with Gasteiger partial charge in [-0.25, -0.2) is 4.39 Å². The van der Waals surface area contributed by atoms with Gasteiger partial charge >= 0.3 is 0 Å². The zero-order valence-corrected chi connectivity index (χ0v) is 12.8. The second-order valence-electron chi connectivity index (χ2n) is 5.19. The summed E-state index contributed by atoms with van der Waals surface area (Å²) >= 11 is 0. The van der Waals surface area contributed by atoms with Crippen molar-refractivity contribution in [2.75, 3.05) is 32.8 Å². The van der Waals surface area contributed by atoms with Crippen LogP contribution >= 0.6 is 12.4 Å². The van der Waals surface area contributed by atoms with Gasteiger partial charge in [-0.05, 0) is 25.8 Å². The predicted octanol–water partition coefficient (Wildman–Crippen LogP) is 2.27. The second kappa shape index (κ2) is 8.57. The van der Waals surface area contributed by atoms with Gasteiger partial charge in [-0.2, -0.15) is 0 Å². The van der Waals surface area contributed by atoms with Crippen LogP contribution in [-0.4, -0.2) is 42.8 Å². The first kappa shape index (κ1) is 17.4. The van der Waals surface area contributed by atoms with Crippen LogP contribution in [0.5, 0.6) is 0 Å². The van der Waals surface area contributed by atoms with Gasteiger partial charge in [0, 0.05) is 44.4 Å². The Morgan fingerprint density at radius 3 is 2.70 bits per heavy atom. The molecule has 1 aromatic carbocycles. The van der Waals surface area contributed by atoms with E-state index in [1.165, 1.54) is 0 Å². The van der Waals surface area contributed by atoms with Gasteiger partial charge in [0.25, 0.3) is 0 Å². The maximum absolute atomic E-state index is 14.1. The number of rotatable bonds is 5. The molecule has 0 unspecified atom stereocenters. The monoisotopic (exact) mass is 302 g/mol. The van der Waals surface area contributed by atoms with Gasteiger partial charge in [0.1, 0.15) is 5.82 Å². The Hall–Kier alpha value is -0.680. The van der Waals surface area contributed by atoms with Crippen LogP contribution in [0, 0.1) is 12.7 Å². The Morgan fingerprint density at radius 2 is 2.05 bits per heavy atom. The Morgan fingerprint density at radius 1 is 1.35 bits per heavy atom. The van der Waals surface area contributed by atoms with Crippen molar-refractivity contribution in [3.63, 3.8) is 0 Å². The highest BCUT2D eigenvalue weighted by molar-refractivity contribution is 5.85. The van der Waals surface area contributed by atoms with Crippen LogP contribution in [0.25, 0.3) is 0 Å². The molecule has 114 valence electrons. The van der Waals surface area contributed by atoms with E-state index >= 15 is 0 Å². The number of aliphatic hydroxyl groups excluding tert-OH is 1. The fraction of sp³-hybridized carbons (Fsp3) is 0.600. The lowest BCUT2D eigenvalue weighted by atomic mass is 9.97. The van der Waals surface area contributed by atoms with E-state index in [-0.39, 0.29) is 30.9 Å². The molecule has 0 aromatic heterocycles. The third kappa shape index (κ3) is 4.42. The molecule has 20 heavy (non-hydrogen) atoms. The molecule has 0 amide bonds. The number of piperazine rings is 1. The minimum Gasteiger partial charge on any atom is -0.396 e. The molecule has 0 aliphatic carbocycles.